The zero-order valence-electron chi connectivity index (χ0n) is 19.5. The highest BCUT2D eigenvalue weighted by molar-refractivity contribution is 9.10. The molecule has 0 unspecified atom stereocenters. The van der Waals surface area contributed by atoms with Gasteiger partial charge in [0.1, 0.15) is 11.5 Å². The van der Waals surface area contributed by atoms with Crippen molar-refractivity contribution < 1.29 is 14.3 Å². The van der Waals surface area contributed by atoms with Crippen LogP contribution in [0.3, 0.4) is 0 Å². The second-order valence-electron chi connectivity index (χ2n) is 8.15. The molecule has 0 aliphatic rings. The van der Waals surface area contributed by atoms with Gasteiger partial charge in [0, 0.05) is 23.7 Å². The summed E-state index contributed by atoms with van der Waals surface area (Å²) in [5, 5.41) is 2.95. The third-order valence-corrected chi connectivity index (χ3v) is 6.12. The number of halogens is 1. The van der Waals surface area contributed by atoms with Gasteiger partial charge in [-0.15, -0.1) is 0 Å². The summed E-state index contributed by atoms with van der Waals surface area (Å²) >= 11 is 3.53. The summed E-state index contributed by atoms with van der Waals surface area (Å²) in [6, 6.07) is 33.4. The van der Waals surface area contributed by atoms with Crippen molar-refractivity contribution >= 4 is 27.5 Å². The van der Waals surface area contributed by atoms with Crippen molar-refractivity contribution in [3.05, 3.63) is 124 Å². The summed E-state index contributed by atoms with van der Waals surface area (Å²) in [5.41, 5.74) is 3.76. The Morgan fingerprint density at radius 2 is 1.43 bits per heavy atom. The van der Waals surface area contributed by atoms with Gasteiger partial charge in [0.2, 0.25) is 0 Å². The second kappa shape index (κ2) is 12.8. The Balaban J connectivity index is 1.26. The van der Waals surface area contributed by atoms with Crippen molar-refractivity contribution in [2.75, 3.05) is 18.5 Å². The Hall–Kier alpha value is -3.57. The number of ether oxygens (including phenoxy) is 2. The van der Waals surface area contributed by atoms with Gasteiger partial charge in [-0.2, -0.15) is 0 Å². The van der Waals surface area contributed by atoms with Crippen molar-refractivity contribution in [3.63, 3.8) is 0 Å². The van der Waals surface area contributed by atoms with Gasteiger partial charge < -0.3 is 14.8 Å². The molecule has 1 N–H and O–H groups in total. The number of amides is 1. The highest BCUT2D eigenvalue weighted by Gasteiger charge is 2.10. The lowest BCUT2D eigenvalue weighted by Gasteiger charge is -2.11. The number of carbonyl (C=O) groups is 1. The van der Waals surface area contributed by atoms with Crippen molar-refractivity contribution in [2.24, 2.45) is 0 Å². The van der Waals surface area contributed by atoms with E-state index in [1.165, 1.54) is 11.1 Å². The van der Waals surface area contributed by atoms with Crippen LogP contribution in [0.1, 0.15) is 27.9 Å². The van der Waals surface area contributed by atoms with Crippen LogP contribution >= 0.6 is 15.9 Å². The molecule has 0 spiro atoms. The molecule has 0 radical (unpaired) electrons. The van der Waals surface area contributed by atoms with Crippen LogP contribution in [0.25, 0.3) is 0 Å². The Morgan fingerprint density at radius 3 is 2.14 bits per heavy atom. The number of carbonyl (C=O) groups excluding carboxylic acids is 1. The molecule has 0 saturated heterocycles. The maximum atomic E-state index is 12.8. The van der Waals surface area contributed by atoms with Gasteiger partial charge in [-0.1, -0.05) is 66.7 Å². The van der Waals surface area contributed by atoms with Crippen molar-refractivity contribution in [2.45, 2.75) is 19.3 Å². The largest absolute Gasteiger partial charge is 0.494 e. The van der Waals surface area contributed by atoms with Crippen molar-refractivity contribution in [1.29, 1.82) is 0 Å². The molecular formula is C30H28BrNO3. The number of hydrogen-bond donors (Lipinski definition) is 1. The molecule has 0 bridgehead atoms. The van der Waals surface area contributed by atoms with E-state index in [2.05, 4.69) is 45.5 Å². The number of anilines is 1. The minimum absolute atomic E-state index is 0.192. The molecule has 0 atom stereocenters. The maximum absolute atomic E-state index is 12.8. The number of rotatable bonds is 11. The van der Waals surface area contributed by atoms with Gasteiger partial charge in [0.25, 0.3) is 5.91 Å². The minimum atomic E-state index is -0.192. The average Bonchev–Trinajstić information content (AvgIpc) is 2.89. The fourth-order valence-electron chi connectivity index (χ4n) is 3.66. The Bertz CT molecular complexity index is 1230. The molecule has 0 saturated carbocycles. The predicted molar refractivity (Wildman–Crippen MR) is 144 cm³/mol. The molecule has 5 heteroatoms. The smallest absolute Gasteiger partial charge is 0.255 e. The Kier molecular flexibility index (Phi) is 8.96. The van der Waals surface area contributed by atoms with Crippen LogP contribution in [0.15, 0.2) is 108 Å². The summed E-state index contributed by atoms with van der Waals surface area (Å²) in [7, 11) is 0. The lowest BCUT2D eigenvalue weighted by atomic mass is 10.1. The SMILES string of the molecule is O=C(Nc1cccc(OCCCc2ccccc2)c1)c1ccc(OCCc2ccccc2)c(Br)c1. The van der Waals surface area contributed by atoms with E-state index < -0.39 is 0 Å². The first-order valence-electron chi connectivity index (χ1n) is 11.7. The number of hydrogen-bond acceptors (Lipinski definition) is 3. The van der Waals surface area contributed by atoms with Crippen LogP contribution in [0.2, 0.25) is 0 Å². The molecule has 0 aromatic heterocycles. The highest BCUT2D eigenvalue weighted by Crippen LogP contribution is 2.27. The molecule has 4 nitrogen and oxygen atoms in total. The van der Waals surface area contributed by atoms with Gasteiger partial charge in [-0.25, -0.2) is 0 Å². The number of aryl methyl sites for hydroxylation is 1. The minimum Gasteiger partial charge on any atom is -0.494 e. The molecule has 0 aliphatic heterocycles. The first-order chi connectivity index (χ1) is 17.2. The topological polar surface area (TPSA) is 47.6 Å². The van der Waals surface area contributed by atoms with Crippen LogP contribution in [0.4, 0.5) is 5.69 Å². The first-order valence-corrected chi connectivity index (χ1v) is 12.5. The molecule has 1 amide bonds. The van der Waals surface area contributed by atoms with E-state index in [1.54, 1.807) is 12.1 Å². The Labute approximate surface area is 215 Å². The molecule has 35 heavy (non-hydrogen) atoms. The van der Waals surface area contributed by atoms with Crippen LogP contribution in [-0.4, -0.2) is 19.1 Å². The first kappa shape index (κ1) is 24.6. The number of benzene rings is 4. The molecule has 4 aromatic rings. The fraction of sp³-hybridized carbons (Fsp3) is 0.167. The van der Waals surface area contributed by atoms with E-state index >= 15 is 0 Å². The van der Waals surface area contributed by atoms with E-state index in [4.69, 9.17) is 9.47 Å². The molecule has 178 valence electrons. The summed E-state index contributed by atoms with van der Waals surface area (Å²) < 4.78 is 12.5. The second-order valence-corrected chi connectivity index (χ2v) is 9.00. The standard InChI is InChI=1S/C30H28BrNO3/c31-28-21-25(16-17-29(28)35-20-18-24-11-5-2-6-12-24)30(33)32-26-14-7-15-27(22-26)34-19-8-13-23-9-3-1-4-10-23/h1-7,9-12,14-17,21-22H,8,13,18-20H2,(H,32,33). The zero-order valence-corrected chi connectivity index (χ0v) is 21.0. The third kappa shape index (κ3) is 7.72. The van der Waals surface area contributed by atoms with Gasteiger partial charge in [-0.05, 0) is 70.2 Å². The van der Waals surface area contributed by atoms with Crippen LogP contribution in [-0.2, 0) is 12.8 Å². The van der Waals surface area contributed by atoms with Crippen molar-refractivity contribution in [1.82, 2.24) is 0 Å². The Morgan fingerprint density at radius 1 is 0.714 bits per heavy atom. The average molecular weight is 530 g/mol. The lowest BCUT2D eigenvalue weighted by Crippen LogP contribution is -2.12. The zero-order chi connectivity index (χ0) is 24.3. The quantitative estimate of drug-likeness (QED) is 0.207. The molecule has 4 aromatic carbocycles. The molecule has 4 rings (SSSR count). The maximum Gasteiger partial charge on any atom is 0.255 e. The fourth-order valence-corrected chi connectivity index (χ4v) is 4.15. The molecule has 0 heterocycles. The molecule has 0 aliphatic carbocycles. The summed E-state index contributed by atoms with van der Waals surface area (Å²) in [4.78, 5) is 12.8. The lowest BCUT2D eigenvalue weighted by molar-refractivity contribution is 0.102. The van der Waals surface area contributed by atoms with Gasteiger partial charge in [-0.3, -0.25) is 4.79 Å². The van der Waals surface area contributed by atoms with E-state index in [1.807, 2.05) is 66.7 Å². The van der Waals surface area contributed by atoms with E-state index in [0.717, 1.165) is 29.5 Å². The summed E-state index contributed by atoms with van der Waals surface area (Å²) in [6.07, 6.45) is 2.71. The summed E-state index contributed by atoms with van der Waals surface area (Å²) in [6.45, 7) is 1.18. The monoisotopic (exact) mass is 529 g/mol. The predicted octanol–water partition coefficient (Wildman–Crippen LogP) is 7.33. The normalized spacial score (nSPS) is 10.5. The van der Waals surface area contributed by atoms with Crippen LogP contribution in [0, 0.1) is 0 Å². The molecule has 0 fully saturated rings. The van der Waals surface area contributed by atoms with Gasteiger partial charge in [0.15, 0.2) is 0 Å². The van der Waals surface area contributed by atoms with Gasteiger partial charge >= 0.3 is 0 Å². The van der Waals surface area contributed by atoms with Crippen LogP contribution < -0.4 is 14.8 Å². The van der Waals surface area contributed by atoms with E-state index in [0.29, 0.717) is 30.2 Å². The van der Waals surface area contributed by atoms with Crippen LogP contribution in [0.5, 0.6) is 11.5 Å². The third-order valence-electron chi connectivity index (χ3n) is 5.50. The van der Waals surface area contributed by atoms with Crippen molar-refractivity contribution in [3.8, 4) is 11.5 Å². The van der Waals surface area contributed by atoms with E-state index in [-0.39, 0.29) is 5.91 Å². The number of nitrogens with one attached hydrogen (secondary N) is 1. The van der Waals surface area contributed by atoms with Gasteiger partial charge in [0.05, 0.1) is 17.7 Å². The molecular weight excluding hydrogens is 502 g/mol. The van der Waals surface area contributed by atoms with E-state index in [9.17, 15) is 4.79 Å². The summed E-state index contributed by atoms with van der Waals surface area (Å²) in [5.74, 6) is 1.25. The highest BCUT2D eigenvalue weighted by atomic mass is 79.9.